The lowest BCUT2D eigenvalue weighted by molar-refractivity contribution is 0.415. The molecule has 0 atom stereocenters. The number of hydrogen-bond donors (Lipinski definition) is 0. The highest BCUT2D eigenvalue weighted by Crippen LogP contribution is 2.40. The van der Waals surface area contributed by atoms with E-state index in [1.807, 2.05) is 122 Å². The first kappa shape index (κ1) is 69.8. The van der Waals surface area contributed by atoms with Crippen LogP contribution in [0.4, 0.5) is 0 Å². The van der Waals surface area contributed by atoms with Crippen molar-refractivity contribution < 1.29 is 28.4 Å². The number of aromatic nitrogens is 4. The number of ether oxygens (including phenoxy) is 6. The first-order chi connectivity index (χ1) is 45.8. The monoisotopic (exact) mass is 1360 g/mol. The Morgan fingerprint density at radius 2 is 0.479 bits per heavy atom. The third kappa shape index (κ3) is 18.4. The summed E-state index contributed by atoms with van der Waals surface area (Å²) in [5, 5.41) is 11.0. The van der Waals surface area contributed by atoms with Crippen LogP contribution in [0.1, 0.15) is 22.3 Å². The Morgan fingerprint density at radius 3 is 0.734 bits per heavy atom. The molecule has 476 valence electrons. The van der Waals surface area contributed by atoms with Gasteiger partial charge in [0.1, 0.15) is 45.4 Å². The van der Waals surface area contributed by atoms with E-state index in [1.54, 1.807) is 55.1 Å². The fourth-order valence-electron chi connectivity index (χ4n) is 9.85. The number of rotatable bonds is 18. The summed E-state index contributed by atoms with van der Waals surface area (Å²) >= 11 is 12.9. The highest BCUT2D eigenvalue weighted by Gasteiger charge is 2.26. The molecule has 0 saturated heterocycles. The summed E-state index contributed by atoms with van der Waals surface area (Å²) in [6.07, 6.45) is 7.24. The molecule has 0 aliphatic heterocycles. The zero-order valence-corrected chi connectivity index (χ0v) is 59.3. The summed E-state index contributed by atoms with van der Waals surface area (Å²) in [5.41, 5.74) is 8.81. The summed E-state index contributed by atoms with van der Waals surface area (Å²) < 4.78 is 32.7. The van der Waals surface area contributed by atoms with Gasteiger partial charge in [0.15, 0.2) is 0 Å². The fraction of sp³-hybridized carbons (Fsp3) is 0.128. The van der Waals surface area contributed by atoms with Crippen molar-refractivity contribution >= 4 is 119 Å². The van der Waals surface area contributed by atoms with Gasteiger partial charge in [-0.2, -0.15) is 0 Å². The van der Waals surface area contributed by atoms with Crippen LogP contribution in [0.5, 0.6) is 34.5 Å². The smallest absolute Gasteiger partial charge is 0.145 e. The molecule has 0 fully saturated rings. The average molecular weight is 1360 g/mol. The molecule has 0 bridgehead atoms. The van der Waals surface area contributed by atoms with Gasteiger partial charge in [-0.3, -0.25) is 19.9 Å². The normalized spacial score (nSPS) is 10.7. The van der Waals surface area contributed by atoms with E-state index < -0.39 is 31.7 Å². The Hall–Kier alpha value is -8.54. The SMILES string of the molecule is COc1cccc(P(c2cccc(OC)c2)c2ncccc2Cl)c1.COc1cccc(P(c2cccc(OC)c2)c2ncccc2OC)c1.COc1cccnc1P(c1ccc(C)cc1)c1ccc(C)cc1.Cc1ccc(P(c2ccc(C)cc2)c2ncccc2Cl)cc1. The Morgan fingerprint density at radius 1 is 0.245 bits per heavy atom. The van der Waals surface area contributed by atoms with Crippen LogP contribution < -0.4 is 92.6 Å². The number of benzene rings is 8. The van der Waals surface area contributed by atoms with Gasteiger partial charge in [0, 0.05) is 56.5 Å². The minimum Gasteiger partial charge on any atom is -0.497 e. The van der Waals surface area contributed by atoms with Gasteiger partial charge >= 0.3 is 0 Å². The van der Waals surface area contributed by atoms with Crippen molar-refractivity contribution in [2.75, 3.05) is 42.7 Å². The molecule has 0 unspecified atom stereocenters. The van der Waals surface area contributed by atoms with Crippen molar-refractivity contribution in [2.45, 2.75) is 27.7 Å². The lowest BCUT2D eigenvalue weighted by Crippen LogP contribution is -2.24. The minimum absolute atomic E-state index is 0.661. The van der Waals surface area contributed by atoms with Gasteiger partial charge in [-0.1, -0.05) is 191 Å². The van der Waals surface area contributed by atoms with E-state index in [2.05, 4.69) is 181 Å². The first-order valence-corrected chi connectivity index (χ1v) is 36.2. The molecule has 12 rings (SSSR count). The molecule has 0 N–H and O–H groups in total. The van der Waals surface area contributed by atoms with Gasteiger partial charge < -0.3 is 28.4 Å². The molecule has 8 aromatic carbocycles. The van der Waals surface area contributed by atoms with Crippen LogP contribution >= 0.6 is 54.9 Å². The van der Waals surface area contributed by atoms with Crippen molar-refractivity contribution in [1.82, 2.24) is 19.9 Å². The van der Waals surface area contributed by atoms with Crippen molar-refractivity contribution in [3.05, 3.63) is 300 Å². The lowest BCUT2D eigenvalue weighted by Gasteiger charge is -2.21. The molecule has 4 aromatic heterocycles. The van der Waals surface area contributed by atoms with Crippen LogP contribution in [0, 0.1) is 27.7 Å². The molecule has 0 aliphatic carbocycles. The third-order valence-corrected chi connectivity index (χ3v) is 25.1. The number of halogens is 2. The minimum atomic E-state index is -0.914. The molecule has 12 aromatic rings. The second-order valence-electron chi connectivity index (χ2n) is 21.2. The van der Waals surface area contributed by atoms with Gasteiger partial charge in [0.25, 0.3) is 0 Å². The predicted molar refractivity (Wildman–Crippen MR) is 400 cm³/mol. The third-order valence-electron chi connectivity index (χ3n) is 14.7. The molecular formula is C78H74Cl2N4O6P4. The van der Waals surface area contributed by atoms with E-state index in [4.69, 9.17) is 51.6 Å². The Balaban J connectivity index is 0.000000148. The Labute approximate surface area is 568 Å². The number of pyridine rings is 4. The molecule has 16 heteroatoms. The van der Waals surface area contributed by atoms with E-state index in [-0.39, 0.29) is 0 Å². The largest absolute Gasteiger partial charge is 0.497 e. The summed E-state index contributed by atoms with van der Waals surface area (Å²) in [4.78, 5) is 18.4. The maximum atomic E-state index is 6.46. The zero-order valence-electron chi connectivity index (χ0n) is 54.2. The van der Waals surface area contributed by atoms with E-state index >= 15 is 0 Å². The average Bonchev–Trinajstić information content (AvgIpc) is 0.837. The standard InChI is InChI=1S/C20H20NO3P.C20H20NOP.C19H17ClNO2P.C19H17ClNP/c1-22-15-7-4-9-17(13-15)25(18-10-5-8-16(14-18)23-2)20-19(24-3)11-6-12-21-20;1-15-6-10-17(11-7-15)23(18-12-8-16(2)9-13-18)20-19(22-3)5-4-14-21-20;1-22-14-6-3-8-16(12-14)24(19-18(20)10-5-11-21-19)17-9-4-7-15(13-17)23-2;1-14-5-9-16(10-6-14)22(17-11-7-15(2)8-12-17)19-18(20)4-3-13-21-19/h4-14H,1-3H3;4-14H,1-3H3;3-13H,1-2H3;3-13H,1-2H3. The summed E-state index contributed by atoms with van der Waals surface area (Å²) in [6.45, 7) is 8.43. The topological polar surface area (TPSA) is 107 Å². The molecule has 4 heterocycles. The predicted octanol–water partition coefficient (Wildman–Crippen LogP) is 14.0. The van der Waals surface area contributed by atoms with Crippen LogP contribution in [0.3, 0.4) is 0 Å². The Bertz CT molecular complexity index is 4180. The summed E-state index contributed by atoms with van der Waals surface area (Å²) in [7, 11) is 6.77. The molecule has 0 saturated carbocycles. The van der Waals surface area contributed by atoms with Crippen molar-refractivity contribution in [3.8, 4) is 34.5 Å². The van der Waals surface area contributed by atoms with Crippen LogP contribution in [-0.4, -0.2) is 62.6 Å². The molecule has 0 spiro atoms. The van der Waals surface area contributed by atoms with Gasteiger partial charge in [-0.25, -0.2) is 0 Å². The van der Waals surface area contributed by atoms with Gasteiger partial charge in [0.2, 0.25) is 0 Å². The molecule has 0 radical (unpaired) electrons. The summed E-state index contributed by atoms with van der Waals surface area (Å²) in [6, 6.07) is 82.3. The van der Waals surface area contributed by atoms with Crippen molar-refractivity contribution in [1.29, 1.82) is 0 Å². The fourth-order valence-corrected chi connectivity index (χ4v) is 19.6. The van der Waals surface area contributed by atoms with E-state index in [1.165, 1.54) is 43.5 Å². The van der Waals surface area contributed by atoms with Gasteiger partial charge in [-0.15, -0.1) is 0 Å². The maximum Gasteiger partial charge on any atom is 0.145 e. The number of hydrogen-bond acceptors (Lipinski definition) is 10. The van der Waals surface area contributed by atoms with E-state index in [0.717, 1.165) is 82.5 Å². The second kappa shape index (κ2) is 35.1. The van der Waals surface area contributed by atoms with Crippen LogP contribution in [0.2, 0.25) is 10.0 Å². The summed E-state index contributed by atoms with van der Waals surface area (Å²) in [5.74, 6) is 4.90. The molecule has 94 heavy (non-hydrogen) atoms. The van der Waals surface area contributed by atoms with Crippen molar-refractivity contribution in [3.63, 3.8) is 0 Å². The maximum absolute atomic E-state index is 6.46. The van der Waals surface area contributed by atoms with Gasteiger partial charge in [-0.05, 0) is 167 Å². The second-order valence-corrected chi connectivity index (χ2v) is 30.5. The Kier molecular flexibility index (Phi) is 26.1. The van der Waals surface area contributed by atoms with Crippen molar-refractivity contribution in [2.24, 2.45) is 0 Å². The highest BCUT2D eigenvalue weighted by molar-refractivity contribution is 7.81. The van der Waals surface area contributed by atoms with Crippen LogP contribution in [0.25, 0.3) is 0 Å². The molecular weight excluding hydrogens is 1280 g/mol. The van der Waals surface area contributed by atoms with Crippen LogP contribution in [-0.2, 0) is 0 Å². The number of nitrogens with zero attached hydrogens (tertiary/aromatic N) is 4. The molecule has 10 nitrogen and oxygen atoms in total. The number of aryl methyl sites for hydroxylation is 4. The van der Waals surface area contributed by atoms with Gasteiger partial charge in [0.05, 0.1) is 63.6 Å². The molecule has 0 aliphatic rings. The van der Waals surface area contributed by atoms with Crippen LogP contribution in [0.15, 0.2) is 267 Å². The van der Waals surface area contributed by atoms with E-state index in [9.17, 15) is 0 Å². The zero-order chi connectivity index (χ0) is 66.3. The first-order valence-electron chi connectivity index (χ1n) is 30.1. The quantitative estimate of drug-likeness (QED) is 0.0771. The lowest BCUT2D eigenvalue weighted by atomic mass is 10.2. The highest BCUT2D eigenvalue weighted by atomic mass is 35.5. The van der Waals surface area contributed by atoms with E-state index in [0.29, 0.717) is 5.02 Å². The molecule has 0 amide bonds. The number of methoxy groups -OCH3 is 6.